The number of carbonyl (C=O) groups excluding carboxylic acids is 1. The van der Waals surface area contributed by atoms with Crippen molar-refractivity contribution in [3.63, 3.8) is 0 Å². The van der Waals surface area contributed by atoms with Crippen molar-refractivity contribution in [3.05, 3.63) is 29.8 Å². The Morgan fingerprint density at radius 1 is 1.33 bits per heavy atom. The lowest BCUT2D eigenvalue weighted by atomic mass is 10.1. The van der Waals surface area contributed by atoms with Gasteiger partial charge in [0.05, 0.1) is 7.11 Å². The molecule has 0 atom stereocenters. The molecule has 0 fully saturated rings. The highest BCUT2D eigenvalue weighted by atomic mass is 32.2. The average Bonchev–Trinajstić information content (AvgIpc) is 2.95. The van der Waals surface area contributed by atoms with Crippen molar-refractivity contribution < 1.29 is 9.53 Å². The van der Waals surface area contributed by atoms with Crippen LogP contribution in [0.25, 0.3) is 0 Å². The van der Waals surface area contributed by atoms with Crippen molar-refractivity contribution in [3.8, 4) is 5.75 Å². The van der Waals surface area contributed by atoms with Crippen LogP contribution in [0, 0.1) is 0 Å². The van der Waals surface area contributed by atoms with Crippen molar-refractivity contribution in [2.75, 3.05) is 25.2 Å². The fourth-order valence-electron chi connectivity index (χ4n) is 1.60. The van der Waals surface area contributed by atoms with Gasteiger partial charge < -0.3 is 10.1 Å². The lowest BCUT2D eigenvalue weighted by Crippen LogP contribution is -2.30. The highest BCUT2D eigenvalue weighted by Crippen LogP contribution is 2.22. The van der Waals surface area contributed by atoms with Crippen LogP contribution in [0.4, 0.5) is 9.93 Å². The Morgan fingerprint density at radius 2 is 2.10 bits per heavy atom. The SMILES string of the molecule is COc1ccc(CCNC(=O)Nc2nnc(SC)s2)cc1. The van der Waals surface area contributed by atoms with Crippen LogP contribution in [0.1, 0.15) is 5.56 Å². The number of amides is 2. The molecule has 0 radical (unpaired) electrons. The summed E-state index contributed by atoms with van der Waals surface area (Å²) in [5.41, 5.74) is 1.14. The molecule has 0 aliphatic rings. The molecule has 21 heavy (non-hydrogen) atoms. The molecular formula is C13H16N4O2S2. The molecule has 2 amide bonds. The van der Waals surface area contributed by atoms with Gasteiger partial charge in [-0.05, 0) is 30.4 Å². The second-order valence-corrected chi connectivity index (χ2v) is 6.09. The summed E-state index contributed by atoms with van der Waals surface area (Å²) in [6, 6.07) is 7.50. The van der Waals surface area contributed by atoms with E-state index < -0.39 is 0 Å². The fraction of sp³-hybridized carbons (Fsp3) is 0.308. The second kappa shape index (κ2) is 7.84. The number of nitrogens with one attached hydrogen (secondary N) is 2. The number of urea groups is 1. The smallest absolute Gasteiger partial charge is 0.321 e. The topological polar surface area (TPSA) is 76.1 Å². The van der Waals surface area contributed by atoms with E-state index in [1.54, 1.807) is 7.11 Å². The van der Waals surface area contributed by atoms with Gasteiger partial charge in [0.2, 0.25) is 5.13 Å². The molecule has 0 aliphatic carbocycles. The molecule has 1 heterocycles. The third-order valence-corrected chi connectivity index (χ3v) is 4.47. The van der Waals surface area contributed by atoms with Gasteiger partial charge in [-0.15, -0.1) is 10.2 Å². The van der Waals surface area contributed by atoms with E-state index in [4.69, 9.17) is 4.74 Å². The molecule has 2 N–H and O–H groups in total. The maximum Gasteiger partial charge on any atom is 0.321 e. The second-order valence-electron chi connectivity index (χ2n) is 4.06. The number of methoxy groups -OCH3 is 1. The Kier molecular flexibility index (Phi) is 5.82. The molecule has 6 nitrogen and oxygen atoms in total. The minimum absolute atomic E-state index is 0.271. The number of carbonyl (C=O) groups is 1. The highest BCUT2D eigenvalue weighted by molar-refractivity contribution is 8.00. The first-order valence-corrected chi connectivity index (χ1v) is 8.30. The van der Waals surface area contributed by atoms with Crippen LogP contribution in [-0.2, 0) is 6.42 Å². The van der Waals surface area contributed by atoms with E-state index in [2.05, 4.69) is 20.8 Å². The molecule has 2 rings (SSSR count). The minimum atomic E-state index is -0.271. The first-order chi connectivity index (χ1) is 10.2. The summed E-state index contributed by atoms with van der Waals surface area (Å²) in [6.07, 6.45) is 2.67. The summed E-state index contributed by atoms with van der Waals surface area (Å²) in [7, 11) is 1.64. The maximum absolute atomic E-state index is 11.7. The average molecular weight is 324 g/mol. The van der Waals surface area contributed by atoms with Crippen LogP contribution in [0.2, 0.25) is 0 Å². The van der Waals surface area contributed by atoms with E-state index in [-0.39, 0.29) is 6.03 Å². The van der Waals surface area contributed by atoms with Crippen molar-refractivity contribution >= 4 is 34.3 Å². The van der Waals surface area contributed by atoms with E-state index in [0.717, 1.165) is 22.1 Å². The Balaban J connectivity index is 1.73. The van der Waals surface area contributed by atoms with Crippen molar-refractivity contribution in [2.24, 2.45) is 0 Å². The number of benzene rings is 1. The van der Waals surface area contributed by atoms with Crippen LogP contribution in [0.5, 0.6) is 5.75 Å². The van der Waals surface area contributed by atoms with Crippen molar-refractivity contribution in [2.45, 2.75) is 10.8 Å². The van der Waals surface area contributed by atoms with Crippen LogP contribution in [0.3, 0.4) is 0 Å². The first kappa shape index (κ1) is 15.6. The zero-order chi connectivity index (χ0) is 15.1. The van der Waals surface area contributed by atoms with Gasteiger partial charge in [-0.1, -0.05) is 35.2 Å². The zero-order valence-corrected chi connectivity index (χ0v) is 13.4. The van der Waals surface area contributed by atoms with Crippen molar-refractivity contribution in [1.82, 2.24) is 15.5 Å². The number of anilines is 1. The van der Waals surface area contributed by atoms with Gasteiger partial charge in [-0.25, -0.2) is 4.79 Å². The Labute approximate surface area is 131 Å². The summed E-state index contributed by atoms with van der Waals surface area (Å²) in [5, 5.41) is 13.7. The highest BCUT2D eigenvalue weighted by Gasteiger charge is 2.06. The third kappa shape index (κ3) is 4.91. The van der Waals surface area contributed by atoms with Gasteiger partial charge in [-0.2, -0.15) is 0 Å². The maximum atomic E-state index is 11.7. The monoisotopic (exact) mass is 324 g/mol. The van der Waals surface area contributed by atoms with E-state index in [0.29, 0.717) is 11.7 Å². The molecule has 0 bridgehead atoms. The summed E-state index contributed by atoms with van der Waals surface area (Å²) in [6.45, 7) is 0.548. The summed E-state index contributed by atoms with van der Waals surface area (Å²) < 4.78 is 5.92. The molecule has 0 unspecified atom stereocenters. The molecule has 0 spiro atoms. The van der Waals surface area contributed by atoms with E-state index >= 15 is 0 Å². The molecular weight excluding hydrogens is 308 g/mol. The number of thioether (sulfide) groups is 1. The lowest BCUT2D eigenvalue weighted by molar-refractivity contribution is 0.252. The normalized spacial score (nSPS) is 10.2. The van der Waals surface area contributed by atoms with Gasteiger partial charge >= 0.3 is 6.03 Å². The fourth-order valence-corrected chi connectivity index (χ4v) is 2.76. The van der Waals surface area contributed by atoms with Gasteiger partial charge in [0.15, 0.2) is 4.34 Å². The largest absolute Gasteiger partial charge is 0.497 e. The molecule has 112 valence electrons. The Morgan fingerprint density at radius 3 is 2.71 bits per heavy atom. The summed E-state index contributed by atoms with van der Waals surface area (Å²) >= 11 is 2.85. The number of ether oxygens (including phenoxy) is 1. The Bertz CT molecular complexity index is 586. The predicted molar refractivity (Wildman–Crippen MR) is 85.4 cm³/mol. The molecule has 1 aromatic carbocycles. The number of nitrogens with zero attached hydrogens (tertiary/aromatic N) is 2. The summed E-state index contributed by atoms with van der Waals surface area (Å²) in [5.74, 6) is 0.824. The molecule has 8 heteroatoms. The van der Waals surface area contributed by atoms with Crippen LogP contribution in [-0.4, -0.2) is 36.1 Å². The number of rotatable bonds is 6. The van der Waals surface area contributed by atoms with Gasteiger partial charge in [0.1, 0.15) is 5.75 Å². The Hall–Kier alpha value is -1.80. The molecule has 0 saturated carbocycles. The van der Waals surface area contributed by atoms with E-state index in [1.165, 1.54) is 23.1 Å². The lowest BCUT2D eigenvalue weighted by Gasteiger charge is -2.06. The molecule has 0 saturated heterocycles. The van der Waals surface area contributed by atoms with E-state index in [1.807, 2.05) is 30.5 Å². The third-order valence-electron chi connectivity index (χ3n) is 2.66. The molecule has 1 aromatic heterocycles. The first-order valence-electron chi connectivity index (χ1n) is 6.26. The molecule has 0 aliphatic heterocycles. The van der Waals surface area contributed by atoms with Crippen molar-refractivity contribution in [1.29, 1.82) is 0 Å². The molecule has 2 aromatic rings. The predicted octanol–water partition coefficient (Wildman–Crippen LogP) is 2.63. The number of hydrogen-bond acceptors (Lipinski definition) is 6. The van der Waals surface area contributed by atoms with Crippen LogP contribution < -0.4 is 15.4 Å². The quantitative estimate of drug-likeness (QED) is 0.631. The number of aromatic nitrogens is 2. The van der Waals surface area contributed by atoms with Crippen LogP contribution >= 0.6 is 23.1 Å². The zero-order valence-electron chi connectivity index (χ0n) is 11.8. The number of hydrogen-bond donors (Lipinski definition) is 2. The van der Waals surface area contributed by atoms with Gasteiger partial charge in [0, 0.05) is 6.54 Å². The van der Waals surface area contributed by atoms with Crippen LogP contribution in [0.15, 0.2) is 28.6 Å². The van der Waals surface area contributed by atoms with Gasteiger partial charge in [0.25, 0.3) is 0 Å². The minimum Gasteiger partial charge on any atom is -0.497 e. The van der Waals surface area contributed by atoms with Gasteiger partial charge in [-0.3, -0.25) is 5.32 Å². The van der Waals surface area contributed by atoms with E-state index in [9.17, 15) is 4.79 Å². The standard InChI is InChI=1S/C13H16N4O2S2/c1-19-10-5-3-9(4-6-10)7-8-14-11(18)15-12-16-17-13(20-2)21-12/h3-6H,7-8H2,1-2H3,(H2,14,15,16,18). The summed E-state index contributed by atoms with van der Waals surface area (Å²) in [4.78, 5) is 11.7.